The number of Topliss-reactive ketones (excluding diaryl/α,β-unsaturated/α-hetero) is 1. The molecule has 0 amide bonds. The summed E-state index contributed by atoms with van der Waals surface area (Å²) >= 11 is 0. The molecule has 1 aliphatic heterocycles. The topological polar surface area (TPSA) is 141 Å². The van der Waals surface area contributed by atoms with Crippen LogP contribution in [0.2, 0.25) is 0 Å². The molecule has 0 unspecified atom stereocenters. The molecule has 2 heterocycles. The highest BCUT2D eigenvalue weighted by molar-refractivity contribution is 6.04. The van der Waals surface area contributed by atoms with Crippen LogP contribution >= 0.6 is 0 Å². The summed E-state index contributed by atoms with van der Waals surface area (Å²) in [6, 6.07) is 9.62. The number of nitrogens with zero attached hydrogens (tertiary/aromatic N) is 2. The first-order valence-corrected chi connectivity index (χ1v) is 13.2. The van der Waals surface area contributed by atoms with E-state index in [-0.39, 0.29) is 24.2 Å². The van der Waals surface area contributed by atoms with E-state index in [9.17, 15) is 22.8 Å². The van der Waals surface area contributed by atoms with Gasteiger partial charge in [-0.2, -0.15) is 13.2 Å². The van der Waals surface area contributed by atoms with Crippen LogP contribution in [0.3, 0.4) is 0 Å². The summed E-state index contributed by atoms with van der Waals surface area (Å²) in [5, 5.41) is 24.5. The summed E-state index contributed by atoms with van der Waals surface area (Å²) in [5.74, 6) is -2.03. The number of nitrogens with one attached hydrogen (secondary N) is 1. The zero-order valence-corrected chi connectivity index (χ0v) is 23.2. The van der Waals surface area contributed by atoms with Crippen molar-refractivity contribution in [1.29, 1.82) is 5.41 Å². The van der Waals surface area contributed by atoms with Gasteiger partial charge in [0, 0.05) is 41.3 Å². The minimum Gasteiger partial charge on any atom is -0.493 e. The van der Waals surface area contributed by atoms with Gasteiger partial charge in [0.2, 0.25) is 0 Å². The van der Waals surface area contributed by atoms with Crippen molar-refractivity contribution >= 4 is 23.6 Å². The number of ketones is 1. The Morgan fingerprint density at radius 1 is 1.07 bits per heavy atom. The maximum Gasteiger partial charge on any atom is 0.490 e. The van der Waals surface area contributed by atoms with Gasteiger partial charge >= 0.3 is 18.1 Å². The minimum atomic E-state index is -5.08. The highest BCUT2D eigenvalue weighted by Crippen LogP contribution is 2.40. The molecule has 1 aromatic carbocycles. The normalized spacial score (nSPS) is 14.7. The lowest BCUT2D eigenvalue weighted by Gasteiger charge is -2.24. The number of halogens is 3. The van der Waals surface area contributed by atoms with Gasteiger partial charge in [0.15, 0.2) is 5.78 Å². The van der Waals surface area contributed by atoms with E-state index in [0.29, 0.717) is 49.0 Å². The van der Waals surface area contributed by atoms with Gasteiger partial charge in [0.1, 0.15) is 17.3 Å². The van der Waals surface area contributed by atoms with Crippen molar-refractivity contribution in [2.45, 2.75) is 76.9 Å². The number of benzene rings is 1. The lowest BCUT2D eigenvalue weighted by atomic mass is 9.85. The maximum absolute atomic E-state index is 13.2. The number of amidine groups is 1. The lowest BCUT2D eigenvalue weighted by molar-refractivity contribution is -0.192. The van der Waals surface area contributed by atoms with Crippen LogP contribution in [-0.2, 0) is 21.5 Å². The predicted octanol–water partition coefficient (Wildman–Crippen LogP) is 5.55. The van der Waals surface area contributed by atoms with Gasteiger partial charge in [-0.3, -0.25) is 15.0 Å². The van der Waals surface area contributed by atoms with E-state index in [0.717, 1.165) is 22.6 Å². The Kier molecular flexibility index (Phi) is 9.77. The molecule has 2 aromatic rings. The Bertz CT molecular complexity index is 1320. The first-order chi connectivity index (χ1) is 19.1. The molecule has 0 atom stereocenters. The van der Waals surface area contributed by atoms with Crippen LogP contribution in [0.25, 0.3) is 0 Å². The number of aliphatic carboxylic acids is 2. The number of rotatable bonds is 10. The Labute approximate surface area is 235 Å². The molecular formula is C29H34F3N3O6. The number of carbonyl (C=O) groups excluding carboxylic acids is 1. The molecule has 0 bridgehead atoms. The van der Waals surface area contributed by atoms with E-state index < -0.39 is 18.1 Å². The number of carboxylic acid groups (broad SMARTS) is 2. The van der Waals surface area contributed by atoms with Gasteiger partial charge < -0.3 is 19.8 Å². The second kappa shape index (κ2) is 12.7. The predicted molar refractivity (Wildman–Crippen MR) is 144 cm³/mol. The lowest BCUT2D eigenvalue weighted by Crippen LogP contribution is -2.30. The Morgan fingerprint density at radius 2 is 1.73 bits per heavy atom. The van der Waals surface area contributed by atoms with E-state index in [1.54, 1.807) is 11.0 Å². The molecule has 1 aliphatic carbocycles. The second-order valence-corrected chi connectivity index (χ2v) is 11.1. The van der Waals surface area contributed by atoms with Crippen molar-refractivity contribution in [3.05, 3.63) is 58.4 Å². The number of hydrogen-bond donors (Lipinski definition) is 3. The first-order valence-electron chi connectivity index (χ1n) is 13.2. The van der Waals surface area contributed by atoms with Gasteiger partial charge in [-0.25, -0.2) is 9.78 Å². The summed E-state index contributed by atoms with van der Waals surface area (Å²) in [6.07, 6.45) is -1.39. The summed E-state index contributed by atoms with van der Waals surface area (Å²) in [4.78, 5) is 39.3. The second-order valence-electron chi connectivity index (χ2n) is 11.1. The number of ether oxygens (including phenoxy) is 1. The summed E-state index contributed by atoms with van der Waals surface area (Å²) in [5.41, 5.74) is 4.08. The van der Waals surface area contributed by atoms with Crippen molar-refractivity contribution < 1.29 is 42.5 Å². The molecule has 1 saturated carbocycles. The van der Waals surface area contributed by atoms with E-state index >= 15 is 0 Å². The quantitative estimate of drug-likeness (QED) is 0.247. The Hall–Kier alpha value is -3.96. The van der Waals surface area contributed by atoms with Gasteiger partial charge in [-0.1, -0.05) is 26.8 Å². The van der Waals surface area contributed by atoms with Gasteiger partial charge in [0.25, 0.3) is 0 Å². The van der Waals surface area contributed by atoms with Crippen molar-refractivity contribution in [3.8, 4) is 5.75 Å². The monoisotopic (exact) mass is 577 g/mol. The van der Waals surface area contributed by atoms with Crippen molar-refractivity contribution in [3.63, 3.8) is 0 Å². The van der Waals surface area contributed by atoms with Crippen molar-refractivity contribution in [2.24, 2.45) is 0 Å². The molecule has 41 heavy (non-hydrogen) atoms. The average molecular weight is 578 g/mol. The molecule has 4 rings (SSSR count). The number of hydrogen-bond acceptors (Lipinski definition) is 6. The minimum absolute atomic E-state index is 0.0431. The molecule has 0 spiro atoms. The van der Waals surface area contributed by atoms with Gasteiger partial charge in [-0.15, -0.1) is 0 Å². The number of carboxylic acids is 2. The SMILES string of the molecule is CC(C)(C)c1cc(C(=O)CN2Cc3ccc(C4CC4)nc3C2=N)ccc1OCCCCC(=O)O.O=C(O)C(F)(F)F. The van der Waals surface area contributed by atoms with Crippen LogP contribution in [0.15, 0.2) is 30.3 Å². The smallest absolute Gasteiger partial charge is 0.490 e. The fraction of sp³-hybridized carbons (Fsp3) is 0.483. The number of alkyl halides is 3. The molecule has 3 N–H and O–H groups in total. The molecule has 1 aromatic heterocycles. The molecule has 222 valence electrons. The molecule has 0 saturated heterocycles. The fourth-order valence-corrected chi connectivity index (χ4v) is 4.25. The summed E-state index contributed by atoms with van der Waals surface area (Å²) < 4.78 is 37.7. The van der Waals surface area contributed by atoms with Crippen LogP contribution in [-0.4, -0.2) is 63.0 Å². The molecule has 1 fully saturated rings. The largest absolute Gasteiger partial charge is 0.493 e. The molecule has 9 nitrogen and oxygen atoms in total. The Morgan fingerprint density at radius 3 is 2.29 bits per heavy atom. The molecule has 12 heteroatoms. The summed E-state index contributed by atoms with van der Waals surface area (Å²) in [6.45, 7) is 7.31. The maximum atomic E-state index is 13.2. The number of pyridine rings is 1. The van der Waals surface area contributed by atoms with Crippen LogP contribution in [0.5, 0.6) is 5.75 Å². The average Bonchev–Trinajstić information content (AvgIpc) is 3.68. The third kappa shape index (κ3) is 8.76. The van der Waals surface area contributed by atoms with E-state index in [4.69, 9.17) is 30.1 Å². The third-order valence-corrected chi connectivity index (χ3v) is 6.63. The van der Waals surface area contributed by atoms with Crippen molar-refractivity contribution in [1.82, 2.24) is 9.88 Å². The standard InChI is InChI=1S/C27H33N3O4.C2HF3O2/c1-27(2,3)20-14-18(10-12-23(20)34-13-5-4-6-24(32)33)22(31)16-30-15-19-9-11-21(17-7-8-17)29-25(19)26(30)28;3-2(4,5)1(6)7/h9-12,14,17,28H,4-8,13,15-16H2,1-3H3,(H,32,33);(H,6,7). The van der Waals surface area contributed by atoms with Crippen LogP contribution in [0.4, 0.5) is 13.2 Å². The number of fused-ring (bicyclic) bond motifs is 1. The number of carbonyl (C=O) groups is 3. The highest BCUT2D eigenvalue weighted by Gasteiger charge is 2.38. The van der Waals surface area contributed by atoms with E-state index in [2.05, 4.69) is 32.9 Å². The van der Waals surface area contributed by atoms with Crippen LogP contribution in [0, 0.1) is 5.41 Å². The number of unbranched alkanes of at least 4 members (excludes halogenated alkanes) is 1. The first kappa shape index (κ1) is 31.6. The molecule has 0 radical (unpaired) electrons. The van der Waals surface area contributed by atoms with Gasteiger partial charge in [0.05, 0.1) is 13.2 Å². The zero-order chi connectivity index (χ0) is 30.5. The van der Waals surface area contributed by atoms with E-state index in [1.165, 1.54) is 12.8 Å². The van der Waals surface area contributed by atoms with Crippen LogP contribution in [0.1, 0.15) is 91.7 Å². The fourth-order valence-electron chi connectivity index (χ4n) is 4.25. The summed E-state index contributed by atoms with van der Waals surface area (Å²) in [7, 11) is 0. The number of aromatic nitrogens is 1. The zero-order valence-electron chi connectivity index (χ0n) is 23.2. The van der Waals surface area contributed by atoms with Crippen LogP contribution < -0.4 is 4.74 Å². The third-order valence-electron chi connectivity index (χ3n) is 6.63. The van der Waals surface area contributed by atoms with E-state index in [1.807, 2.05) is 12.1 Å². The van der Waals surface area contributed by atoms with Gasteiger partial charge in [-0.05, 0) is 55.4 Å². The molecular weight excluding hydrogens is 543 g/mol. The Balaban J connectivity index is 0.000000587. The van der Waals surface area contributed by atoms with Crippen molar-refractivity contribution in [2.75, 3.05) is 13.2 Å². The molecule has 2 aliphatic rings. The highest BCUT2D eigenvalue weighted by atomic mass is 19.4.